The molecule has 0 saturated heterocycles. The van der Waals surface area contributed by atoms with Gasteiger partial charge in [-0.15, -0.1) is 11.3 Å². The Kier molecular flexibility index (Phi) is 3.63. The normalized spacial score (nSPS) is 11.4. The molecular weight excluding hydrogens is 293 g/mol. The monoisotopic (exact) mass is 301 g/mol. The fourth-order valence-electron chi connectivity index (χ4n) is 1.45. The Morgan fingerprint density at radius 2 is 2.16 bits per heavy atom. The molecule has 1 aromatic carbocycles. The van der Waals surface area contributed by atoms with Gasteiger partial charge in [-0.25, -0.2) is 17.6 Å². The van der Waals surface area contributed by atoms with Crippen molar-refractivity contribution < 1.29 is 22.7 Å². The Balaban J connectivity index is 2.45. The van der Waals surface area contributed by atoms with Crippen LogP contribution >= 0.6 is 11.3 Å². The molecule has 100 valence electrons. The van der Waals surface area contributed by atoms with Crippen LogP contribution < -0.4 is 0 Å². The molecular formula is C11H8FNO4S2. The van der Waals surface area contributed by atoms with E-state index in [1.54, 1.807) is 0 Å². The van der Waals surface area contributed by atoms with Crippen molar-refractivity contribution in [2.45, 2.75) is 10.6 Å². The maximum absolute atomic E-state index is 13.6. The Morgan fingerprint density at radius 1 is 1.42 bits per heavy atom. The molecule has 0 aliphatic rings. The smallest absolute Gasteiger partial charge is 0.335 e. The molecule has 19 heavy (non-hydrogen) atoms. The summed E-state index contributed by atoms with van der Waals surface area (Å²) < 4.78 is 37.7. The van der Waals surface area contributed by atoms with Crippen molar-refractivity contribution in [1.29, 1.82) is 0 Å². The van der Waals surface area contributed by atoms with E-state index in [2.05, 4.69) is 4.98 Å². The van der Waals surface area contributed by atoms with Crippen molar-refractivity contribution in [2.24, 2.45) is 0 Å². The average molecular weight is 301 g/mol. The highest BCUT2D eigenvalue weighted by Crippen LogP contribution is 2.22. The maximum Gasteiger partial charge on any atom is 0.335 e. The number of rotatable bonds is 4. The minimum atomic E-state index is -3.94. The van der Waals surface area contributed by atoms with Gasteiger partial charge in [0.2, 0.25) is 0 Å². The number of carbonyl (C=O) groups is 1. The van der Waals surface area contributed by atoms with Crippen LogP contribution in [-0.4, -0.2) is 24.5 Å². The lowest BCUT2D eigenvalue weighted by Gasteiger charge is -2.05. The van der Waals surface area contributed by atoms with Crippen molar-refractivity contribution in [1.82, 2.24) is 4.98 Å². The zero-order valence-corrected chi connectivity index (χ0v) is 11.0. The number of hydrogen-bond acceptors (Lipinski definition) is 5. The molecule has 5 nitrogen and oxygen atoms in total. The standard InChI is InChI=1S/C11H8FNO4S2/c12-9-2-1-7(11(14)15)3-10(9)19(16,17)5-8-4-13-6-18-8/h1-4,6H,5H2,(H,14,15). The second kappa shape index (κ2) is 5.06. The Bertz CT molecular complexity index is 710. The van der Waals surface area contributed by atoms with E-state index in [1.807, 2.05) is 0 Å². The van der Waals surface area contributed by atoms with Gasteiger partial charge < -0.3 is 5.11 Å². The van der Waals surface area contributed by atoms with Crippen LogP contribution in [0.4, 0.5) is 4.39 Å². The summed E-state index contributed by atoms with van der Waals surface area (Å²) in [6.07, 6.45) is 1.38. The summed E-state index contributed by atoms with van der Waals surface area (Å²) in [5, 5.41) is 8.80. The molecule has 2 rings (SSSR count). The van der Waals surface area contributed by atoms with Crippen LogP contribution in [0.3, 0.4) is 0 Å². The van der Waals surface area contributed by atoms with Crippen molar-refractivity contribution >= 4 is 27.1 Å². The summed E-state index contributed by atoms with van der Waals surface area (Å²) in [6.45, 7) is 0. The third-order valence-corrected chi connectivity index (χ3v) is 4.97. The van der Waals surface area contributed by atoms with Crippen molar-refractivity contribution in [3.8, 4) is 0 Å². The van der Waals surface area contributed by atoms with Gasteiger partial charge in [-0.1, -0.05) is 0 Å². The largest absolute Gasteiger partial charge is 0.478 e. The van der Waals surface area contributed by atoms with Gasteiger partial charge in [-0.3, -0.25) is 4.98 Å². The van der Waals surface area contributed by atoms with Gasteiger partial charge in [0.15, 0.2) is 9.84 Å². The molecule has 0 radical (unpaired) electrons. The highest BCUT2D eigenvalue weighted by atomic mass is 32.2. The number of sulfone groups is 1. The number of thiazole rings is 1. The molecule has 0 amide bonds. The van der Waals surface area contributed by atoms with Crippen molar-refractivity contribution in [3.63, 3.8) is 0 Å². The second-order valence-electron chi connectivity index (χ2n) is 3.68. The molecule has 0 bridgehead atoms. The van der Waals surface area contributed by atoms with Crippen LogP contribution in [0.25, 0.3) is 0 Å². The maximum atomic E-state index is 13.6. The lowest BCUT2D eigenvalue weighted by molar-refractivity contribution is 0.0696. The van der Waals surface area contributed by atoms with Gasteiger partial charge in [0.05, 0.1) is 16.8 Å². The number of nitrogens with zero attached hydrogens (tertiary/aromatic N) is 1. The van der Waals surface area contributed by atoms with Crippen LogP contribution in [-0.2, 0) is 15.6 Å². The quantitative estimate of drug-likeness (QED) is 0.933. The fraction of sp³-hybridized carbons (Fsp3) is 0.0909. The van der Waals surface area contributed by atoms with E-state index in [0.29, 0.717) is 4.88 Å². The number of halogens is 1. The van der Waals surface area contributed by atoms with E-state index in [4.69, 9.17) is 5.11 Å². The lowest BCUT2D eigenvalue weighted by atomic mass is 10.2. The van der Waals surface area contributed by atoms with Crippen LogP contribution in [0.15, 0.2) is 34.8 Å². The molecule has 0 fully saturated rings. The van der Waals surface area contributed by atoms with Crippen LogP contribution in [0.1, 0.15) is 15.2 Å². The summed E-state index contributed by atoms with van der Waals surface area (Å²) >= 11 is 1.13. The van der Waals surface area contributed by atoms with Crippen LogP contribution in [0, 0.1) is 5.82 Å². The minimum Gasteiger partial charge on any atom is -0.478 e. The van der Waals surface area contributed by atoms with Gasteiger partial charge in [0, 0.05) is 11.1 Å². The molecule has 0 spiro atoms. The molecule has 0 aliphatic carbocycles. The molecule has 0 atom stereocenters. The minimum absolute atomic E-state index is 0.274. The summed E-state index contributed by atoms with van der Waals surface area (Å²) in [5.74, 6) is -2.68. The average Bonchev–Trinajstić information content (AvgIpc) is 2.81. The number of carboxylic acids is 1. The van der Waals surface area contributed by atoms with E-state index < -0.39 is 32.3 Å². The molecule has 2 aromatic rings. The van der Waals surface area contributed by atoms with Gasteiger partial charge in [0.25, 0.3) is 0 Å². The molecule has 0 aliphatic heterocycles. The third-order valence-electron chi connectivity index (χ3n) is 2.33. The SMILES string of the molecule is O=C(O)c1ccc(F)c(S(=O)(=O)Cc2cncs2)c1. The Morgan fingerprint density at radius 3 is 2.74 bits per heavy atom. The summed E-state index contributed by atoms with van der Waals surface area (Å²) in [7, 11) is -3.94. The van der Waals surface area contributed by atoms with Crippen molar-refractivity contribution in [3.05, 3.63) is 46.2 Å². The third kappa shape index (κ3) is 2.96. The van der Waals surface area contributed by atoms with Gasteiger partial charge in [0.1, 0.15) is 10.7 Å². The van der Waals surface area contributed by atoms with Gasteiger partial charge >= 0.3 is 5.97 Å². The molecule has 1 heterocycles. The number of aromatic carboxylic acids is 1. The molecule has 0 saturated carbocycles. The first-order chi connectivity index (χ1) is 8.90. The first-order valence-corrected chi connectivity index (χ1v) is 7.56. The number of benzene rings is 1. The molecule has 0 unspecified atom stereocenters. The Labute approximate surface area is 112 Å². The number of aromatic nitrogens is 1. The predicted octanol–water partition coefficient (Wildman–Crippen LogP) is 1.95. The van der Waals surface area contributed by atoms with Gasteiger partial charge in [-0.05, 0) is 18.2 Å². The molecule has 8 heteroatoms. The number of hydrogen-bond donors (Lipinski definition) is 1. The van der Waals surface area contributed by atoms with Crippen LogP contribution in [0.5, 0.6) is 0 Å². The van der Waals surface area contributed by atoms with Crippen molar-refractivity contribution in [2.75, 3.05) is 0 Å². The number of carboxylic acid groups (broad SMARTS) is 1. The topological polar surface area (TPSA) is 84.3 Å². The predicted molar refractivity (Wildman–Crippen MR) is 66.4 cm³/mol. The van der Waals surface area contributed by atoms with E-state index in [0.717, 1.165) is 29.5 Å². The fourth-order valence-corrected chi connectivity index (χ4v) is 3.85. The zero-order chi connectivity index (χ0) is 14.0. The first-order valence-electron chi connectivity index (χ1n) is 5.03. The summed E-state index contributed by atoms with van der Waals surface area (Å²) in [6, 6.07) is 2.68. The van der Waals surface area contributed by atoms with Crippen LogP contribution in [0.2, 0.25) is 0 Å². The first kappa shape index (κ1) is 13.6. The van der Waals surface area contributed by atoms with Gasteiger partial charge in [-0.2, -0.15) is 0 Å². The van der Waals surface area contributed by atoms with E-state index in [9.17, 15) is 17.6 Å². The zero-order valence-electron chi connectivity index (χ0n) is 9.41. The highest BCUT2D eigenvalue weighted by molar-refractivity contribution is 7.90. The summed E-state index contributed by atoms with van der Waals surface area (Å²) in [5.41, 5.74) is 1.19. The molecule has 1 N–H and O–H groups in total. The second-order valence-corrected chi connectivity index (χ2v) is 6.61. The van der Waals surface area contributed by atoms with E-state index in [1.165, 1.54) is 11.7 Å². The Hall–Kier alpha value is -1.80. The summed E-state index contributed by atoms with van der Waals surface area (Å²) in [4.78, 5) is 14.4. The van der Waals surface area contributed by atoms with E-state index in [-0.39, 0.29) is 5.56 Å². The highest BCUT2D eigenvalue weighted by Gasteiger charge is 2.22. The van der Waals surface area contributed by atoms with E-state index >= 15 is 0 Å². The lowest BCUT2D eigenvalue weighted by Crippen LogP contribution is -2.08. The molecule has 1 aromatic heterocycles.